The molecule has 0 atom stereocenters. The third-order valence-corrected chi connectivity index (χ3v) is 3.71. The molecule has 0 saturated carbocycles. The predicted octanol–water partition coefficient (Wildman–Crippen LogP) is 2.18. The van der Waals surface area contributed by atoms with Crippen molar-refractivity contribution < 1.29 is 9.53 Å². The minimum absolute atomic E-state index is 0.282. The highest BCUT2D eigenvalue weighted by Crippen LogP contribution is 2.20. The van der Waals surface area contributed by atoms with Crippen LogP contribution in [0.2, 0.25) is 0 Å². The van der Waals surface area contributed by atoms with Crippen molar-refractivity contribution in [2.75, 3.05) is 44.2 Å². The van der Waals surface area contributed by atoms with Crippen LogP contribution in [0.3, 0.4) is 0 Å². The van der Waals surface area contributed by atoms with E-state index in [0.29, 0.717) is 12.2 Å². The number of anilines is 1. The maximum atomic E-state index is 12.1. The molecule has 0 amide bonds. The topological polar surface area (TPSA) is 45.7 Å². The molecule has 2 heterocycles. The first-order valence-corrected chi connectivity index (χ1v) is 7.85. The summed E-state index contributed by atoms with van der Waals surface area (Å²) in [6.07, 6.45) is 4.02. The van der Waals surface area contributed by atoms with Crippen LogP contribution in [0.25, 0.3) is 0 Å². The largest absolute Gasteiger partial charge is 0.462 e. The monoisotopic (exact) mass is 291 g/mol. The van der Waals surface area contributed by atoms with Crippen molar-refractivity contribution in [3.8, 4) is 0 Å². The van der Waals surface area contributed by atoms with E-state index in [-0.39, 0.29) is 5.97 Å². The fraction of sp³-hybridized carbons (Fsp3) is 0.625. The lowest BCUT2D eigenvalue weighted by Crippen LogP contribution is -2.32. The van der Waals surface area contributed by atoms with Gasteiger partial charge in [-0.05, 0) is 45.0 Å². The number of ether oxygens (including phenoxy) is 1. The van der Waals surface area contributed by atoms with E-state index in [2.05, 4.69) is 21.7 Å². The summed E-state index contributed by atoms with van der Waals surface area (Å²) in [5, 5.41) is 0. The van der Waals surface area contributed by atoms with Crippen LogP contribution in [0.5, 0.6) is 0 Å². The third-order valence-electron chi connectivity index (χ3n) is 3.71. The molecule has 0 aromatic carbocycles. The van der Waals surface area contributed by atoms with Crippen molar-refractivity contribution >= 4 is 11.8 Å². The summed E-state index contributed by atoms with van der Waals surface area (Å²) >= 11 is 0. The van der Waals surface area contributed by atoms with Crippen molar-refractivity contribution in [3.63, 3.8) is 0 Å². The first-order chi connectivity index (χ1) is 10.3. The molecule has 1 fully saturated rings. The Bertz CT molecular complexity index is 465. The van der Waals surface area contributed by atoms with Gasteiger partial charge < -0.3 is 14.5 Å². The van der Waals surface area contributed by atoms with Crippen molar-refractivity contribution in [1.82, 2.24) is 9.88 Å². The molecule has 0 aliphatic carbocycles. The van der Waals surface area contributed by atoms with E-state index in [9.17, 15) is 4.79 Å². The SMILES string of the molecule is CCCN1CCCN(c2ncccc2C(=O)OCC)CC1. The van der Waals surface area contributed by atoms with E-state index >= 15 is 0 Å². The highest BCUT2D eigenvalue weighted by atomic mass is 16.5. The van der Waals surface area contributed by atoms with Crippen LogP contribution < -0.4 is 4.90 Å². The number of hydrogen-bond acceptors (Lipinski definition) is 5. The Morgan fingerprint density at radius 1 is 1.29 bits per heavy atom. The molecule has 1 aliphatic rings. The minimum Gasteiger partial charge on any atom is -0.462 e. The van der Waals surface area contributed by atoms with Gasteiger partial charge in [0.25, 0.3) is 0 Å². The number of aromatic nitrogens is 1. The van der Waals surface area contributed by atoms with Gasteiger partial charge in [-0.25, -0.2) is 9.78 Å². The van der Waals surface area contributed by atoms with Crippen LogP contribution in [-0.4, -0.2) is 55.2 Å². The van der Waals surface area contributed by atoms with Crippen LogP contribution in [-0.2, 0) is 4.74 Å². The fourth-order valence-electron chi connectivity index (χ4n) is 2.74. The highest BCUT2D eigenvalue weighted by molar-refractivity contribution is 5.94. The van der Waals surface area contributed by atoms with Gasteiger partial charge in [-0.15, -0.1) is 0 Å². The average molecular weight is 291 g/mol. The lowest BCUT2D eigenvalue weighted by Gasteiger charge is -2.24. The molecule has 0 bridgehead atoms. The average Bonchev–Trinajstić information content (AvgIpc) is 2.73. The molecule has 1 saturated heterocycles. The number of rotatable bonds is 5. The molecular weight excluding hydrogens is 266 g/mol. The maximum absolute atomic E-state index is 12.1. The fourth-order valence-corrected chi connectivity index (χ4v) is 2.74. The van der Waals surface area contributed by atoms with E-state index in [1.165, 1.54) is 6.42 Å². The van der Waals surface area contributed by atoms with E-state index < -0.39 is 0 Å². The van der Waals surface area contributed by atoms with Gasteiger partial charge in [-0.1, -0.05) is 6.92 Å². The number of carbonyl (C=O) groups excluding carboxylic acids is 1. The number of carbonyl (C=O) groups is 1. The number of pyridine rings is 1. The van der Waals surface area contributed by atoms with Crippen LogP contribution in [0.15, 0.2) is 18.3 Å². The van der Waals surface area contributed by atoms with Gasteiger partial charge in [0.1, 0.15) is 11.4 Å². The van der Waals surface area contributed by atoms with Gasteiger partial charge in [-0.3, -0.25) is 0 Å². The zero-order valence-electron chi connectivity index (χ0n) is 13.0. The summed E-state index contributed by atoms with van der Waals surface area (Å²) in [6.45, 7) is 9.53. The lowest BCUT2D eigenvalue weighted by molar-refractivity contribution is 0.0526. The molecule has 5 heteroatoms. The van der Waals surface area contributed by atoms with Gasteiger partial charge in [0.05, 0.1) is 6.61 Å². The molecule has 2 rings (SSSR count). The van der Waals surface area contributed by atoms with E-state index in [0.717, 1.165) is 45.0 Å². The van der Waals surface area contributed by atoms with Gasteiger partial charge in [0.15, 0.2) is 0 Å². The lowest BCUT2D eigenvalue weighted by atomic mass is 10.2. The first-order valence-electron chi connectivity index (χ1n) is 7.85. The molecule has 0 spiro atoms. The van der Waals surface area contributed by atoms with Crippen LogP contribution >= 0.6 is 0 Å². The van der Waals surface area contributed by atoms with Crippen molar-refractivity contribution in [2.45, 2.75) is 26.7 Å². The van der Waals surface area contributed by atoms with Gasteiger partial charge in [-0.2, -0.15) is 0 Å². The second-order valence-corrected chi connectivity index (χ2v) is 5.28. The van der Waals surface area contributed by atoms with Gasteiger partial charge in [0.2, 0.25) is 0 Å². The minimum atomic E-state index is -0.282. The Morgan fingerprint density at radius 3 is 2.90 bits per heavy atom. The van der Waals surface area contributed by atoms with Gasteiger partial charge >= 0.3 is 5.97 Å². The molecule has 0 radical (unpaired) electrons. The van der Waals surface area contributed by atoms with E-state index in [1.807, 2.05) is 6.92 Å². The first kappa shape index (κ1) is 15.8. The number of nitrogens with zero attached hydrogens (tertiary/aromatic N) is 3. The predicted molar refractivity (Wildman–Crippen MR) is 83.8 cm³/mol. The molecule has 116 valence electrons. The van der Waals surface area contributed by atoms with Crippen LogP contribution in [0.1, 0.15) is 37.0 Å². The molecule has 1 aromatic rings. The normalized spacial score (nSPS) is 16.6. The highest BCUT2D eigenvalue weighted by Gasteiger charge is 2.21. The Balaban J connectivity index is 2.12. The number of esters is 1. The summed E-state index contributed by atoms with van der Waals surface area (Å²) in [6, 6.07) is 3.59. The Kier molecular flexibility index (Phi) is 5.99. The van der Waals surface area contributed by atoms with Crippen LogP contribution in [0, 0.1) is 0 Å². The van der Waals surface area contributed by atoms with Gasteiger partial charge in [0, 0.05) is 25.8 Å². The molecule has 1 aliphatic heterocycles. The summed E-state index contributed by atoms with van der Waals surface area (Å²) < 4.78 is 5.13. The summed E-state index contributed by atoms with van der Waals surface area (Å²) in [7, 11) is 0. The standard InChI is InChI=1S/C16H25N3O2/c1-3-9-18-10-6-11-19(13-12-18)15-14(7-5-8-17-15)16(20)21-4-2/h5,7-8H,3-4,6,9-13H2,1-2H3. The Hall–Kier alpha value is -1.62. The van der Waals surface area contributed by atoms with E-state index in [1.54, 1.807) is 18.3 Å². The smallest absolute Gasteiger partial charge is 0.341 e. The molecule has 0 N–H and O–H groups in total. The second-order valence-electron chi connectivity index (χ2n) is 5.28. The Labute approximate surface area is 126 Å². The molecule has 1 aromatic heterocycles. The molecule has 5 nitrogen and oxygen atoms in total. The molecule has 21 heavy (non-hydrogen) atoms. The van der Waals surface area contributed by atoms with Crippen molar-refractivity contribution in [2.24, 2.45) is 0 Å². The van der Waals surface area contributed by atoms with Crippen LogP contribution in [0.4, 0.5) is 5.82 Å². The summed E-state index contributed by atoms with van der Waals surface area (Å²) in [5.41, 5.74) is 0.572. The number of hydrogen-bond donors (Lipinski definition) is 0. The molecular formula is C16H25N3O2. The zero-order chi connectivity index (χ0) is 15.1. The summed E-state index contributed by atoms with van der Waals surface area (Å²) in [4.78, 5) is 21.2. The summed E-state index contributed by atoms with van der Waals surface area (Å²) in [5.74, 6) is 0.476. The van der Waals surface area contributed by atoms with Crippen molar-refractivity contribution in [1.29, 1.82) is 0 Å². The third kappa shape index (κ3) is 4.17. The maximum Gasteiger partial charge on any atom is 0.341 e. The van der Waals surface area contributed by atoms with Crippen molar-refractivity contribution in [3.05, 3.63) is 23.9 Å². The zero-order valence-corrected chi connectivity index (χ0v) is 13.0. The Morgan fingerprint density at radius 2 is 2.14 bits per heavy atom. The van der Waals surface area contributed by atoms with E-state index in [4.69, 9.17) is 4.74 Å². The quantitative estimate of drug-likeness (QED) is 0.778. The second kappa shape index (κ2) is 7.98. The molecule has 0 unspecified atom stereocenters.